The molecular weight excluding hydrogens is 612 g/mol. The summed E-state index contributed by atoms with van der Waals surface area (Å²) in [6.45, 7) is 9.04. The van der Waals surface area contributed by atoms with E-state index >= 15 is 0 Å². The Morgan fingerprint density at radius 2 is 1.78 bits per heavy atom. The number of amides is 3. The number of rotatable bonds is 7. The number of urea groups is 1. The predicted molar refractivity (Wildman–Crippen MR) is 168 cm³/mol. The quantitative estimate of drug-likeness (QED) is 0.327. The van der Waals surface area contributed by atoms with E-state index in [1.54, 1.807) is 31.3 Å². The van der Waals surface area contributed by atoms with Crippen LogP contribution in [0.1, 0.15) is 59.1 Å². The van der Waals surface area contributed by atoms with Gasteiger partial charge in [-0.3, -0.25) is 9.78 Å². The van der Waals surface area contributed by atoms with Crippen LogP contribution in [0.3, 0.4) is 0 Å². The van der Waals surface area contributed by atoms with E-state index in [-0.39, 0.29) is 28.5 Å². The van der Waals surface area contributed by atoms with E-state index in [1.807, 2.05) is 27.7 Å². The minimum atomic E-state index is -4.58. The maximum Gasteiger partial charge on any atom is 0.513 e. The van der Waals surface area contributed by atoms with Crippen molar-refractivity contribution in [1.82, 2.24) is 20.9 Å². The lowest BCUT2D eigenvalue weighted by Crippen LogP contribution is -2.48. The minimum Gasteiger partial charge on any atom is -0.462 e. The van der Waals surface area contributed by atoms with Crippen molar-refractivity contribution in [3.8, 4) is 5.75 Å². The number of carbonyl (C=O) groups excluding carboxylic acids is 2. The molecular formula is C31H39BClF3N4O5. The summed E-state index contributed by atoms with van der Waals surface area (Å²) in [6, 6.07) is 2.70. The first-order chi connectivity index (χ1) is 21.3. The number of alkyl halides is 3. The summed E-state index contributed by atoms with van der Waals surface area (Å²) in [6.07, 6.45) is 3.56. The molecule has 3 amide bonds. The Morgan fingerprint density at radius 3 is 2.44 bits per heavy atom. The normalized spacial score (nSPS) is 18.2. The van der Waals surface area contributed by atoms with Gasteiger partial charge in [-0.25, -0.2) is 4.79 Å². The SMILES string of the molecule is CC.CNC(=O)Cc1cc(OC2=CC=C(NC(=O)NC3=CC=C(Cl)CC(C(F)(F)F)=C3)CCC2)cc(B2OCC(C)(C)CO2)n1. The van der Waals surface area contributed by atoms with Gasteiger partial charge in [-0.2, -0.15) is 13.2 Å². The van der Waals surface area contributed by atoms with E-state index in [1.165, 1.54) is 12.2 Å². The van der Waals surface area contributed by atoms with Crippen LogP contribution in [0.25, 0.3) is 0 Å². The van der Waals surface area contributed by atoms with Crippen LogP contribution in [-0.4, -0.2) is 50.5 Å². The molecule has 3 aliphatic rings. The van der Waals surface area contributed by atoms with Gasteiger partial charge in [0, 0.05) is 66.6 Å². The lowest BCUT2D eigenvalue weighted by atomic mass is 9.79. The smallest absolute Gasteiger partial charge is 0.462 e. The van der Waals surface area contributed by atoms with Crippen molar-refractivity contribution in [3.63, 3.8) is 0 Å². The molecule has 0 saturated carbocycles. The molecule has 1 saturated heterocycles. The number of pyridine rings is 1. The summed E-state index contributed by atoms with van der Waals surface area (Å²) < 4.78 is 57.8. The zero-order valence-electron chi connectivity index (χ0n) is 26.1. The van der Waals surface area contributed by atoms with Gasteiger partial charge in [0.15, 0.2) is 0 Å². The largest absolute Gasteiger partial charge is 0.513 e. The maximum atomic E-state index is 13.3. The molecule has 0 aromatic carbocycles. The first-order valence-electron chi connectivity index (χ1n) is 14.7. The summed E-state index contributed by atoms with van der Waals surface area (Å²) in [5.41, 5.74) is 0.503. The third-order valence-electron chi connectivity index (χ3n) is 6.60. The first-order valence-corrected chi connectivity index (χ1v) is 15.1. The molecule has 9 nitrogen and oxygen atoms in total. The van der Waals surface area contributed by atoms with E-state index in [0.717, 1.165) is 6.08 Å². The standard InChI is InChI=1S/C29H33BClF3N4O5.C2H6/c1-28(2)16-41-30(42-17-28)25-15-24(13-22(36-25)14-26(39)35-3)43-23-6-4-5-20(9-10-23)37-27(40)38-21-8-7-19(31)11-18(12-21)29(32,33)34;1-2/h7-10,12-13,15H,4-6,11,14,16-17H2,1-3H3,(H,35,39)(H2,37,38,40);1-2H3. The van der Waals surface area contributed by atoms with Crippen LogP contribution in [0.5, 0.6) is 5.75 Å². The summed E-state index contributed by atoms with van der Waals surface area (Å²) in [7, 11) is 0.846. The average Bonchev–Trinajstić information content (AvgIpc) is 3.31. The molecule has 1 aliphatic heterocycles. The molecule has 0 spiro atoms. The van der Waals surface area contributed by atoms with Crippen LogP contribution in [0.4, 0.5) is 18.0 Å². The third kappa shape index (κ3) is 11.4. The molecule has 1 aromatic rings. The highest BCUT2D eigenvalue weighted by molar-refractivity contribution is 6.60. The van der Waals surface area contributed by atoms with Gasteiger partial charge in [-0.05, 0) is 49.3 Å². The van der Waals surface area contributed by atoms with Gasteiger partial charge in [-0.1, -0.05) is 39.3 Å². The highest BCUT2D eigenvalue weighted by Crippen LogP contribution is 2.33. The van der Waals surface area contributed by atoms with E-state index in [0.29, 0.717) is 61.0 Å². The second-order valence-electron chi connectivity index (χ2n) is 11.1. The van der Waals surface area contributed by atoms with Crippen LogP contribution >= 0.6 is 11.6 Å². The number of nitrogens with zero attached hydrogens (tertiary/aromatic N) is 1. The number of halogens is 4. The van der Waals surface area contributed by atoms with E-state index in [2.05, 4.69) is 20.9 Å². The van der Waals surface area contributed by atoms with Crippen LogP contribution in [0.15, 0.2) is 70.3 Å². The highest BCUT2D eigenvalue weighted by atomic mass is 35.5. The van der Waals surface area contributed by atoms with Crippen LogP contribution in [-0.2, 0) is 20.5 Å². The molecule has 244 valence electrons. The van der Waals surface area contributed by atoms with Gasteiger partial charge >= 0.3 is 19.3 Å². The second kappa shape index (κ2) is 16.1. The number of hydrogen-bond acceptors (Lipinski definition) is 6. The molecule has 4 rings (SSSR count). The Morgan fingerprint density at radius 1 is 1.07 bits per heavy atom. The molecule has 0 radical (unpaired) electrons. The molecule has 14 heteroatoms. The molecule has 45 heavy (non-hydrogen) atoms. The Hall–Kier alpha value is -3.55. The zero-order valence-corrected chi connectivity index (χ0v) is 26.8. The summed E-state index contributed by atoms with van der Waals surface area (Å²) >= 11 is 5.85. The summed E-state index contributed by atoms with van der Waals surface area (Å²) in [5, 5.41) is 7.73. The number of nitrogens with one attached hydrogen (secondary N) is 3. The Bertz CT molecular complexity index is 1400. The fraction of sp³-hybridized carbons (Fsp3) is 0.452. The fourth-order valence-corrected chi connectivity index (χ4v) is 4.60. The molecule has 3 N–H and O–H groups in total. The molecule has 0 atom stereocenters. The Kier molecular flexibility index (Phi) is 12.9. The van der Waals surface area contributed by atoms with Crippen molar-refractivity contribution in [1.29, 1.82) is 0 Å². The molecule has 0 bridgehead atoms. The highest BCUT2D eigenvalue weighted by Gasteiger charge is 2.36. The minimum absolute atomic E-state index is 0.00901. The number of ether oxygens (including phenoxy) is 1. The number of carbonyl (C=O) groups is 2. The van der Waals surface area contributed by atoms with E-state index in [9.17, 15) is 22.8 Å². The number of aromatic nitrogens is 1. The number of hydrogen-bond donors (Lipinski definition) is 3. The zero-order chi connectivity index (χ0) is 33.2. The molecule has 0 unspecified atom stereocenters. The van der Waals surface area contributed by atoms with Crippen LogP contribution in [0, 0.1) is 5.41 Å². The Labute approximate surface area is 267 Å². The molecule has 1 aromatic heterocycles. The lowest BCUT2D eigenvalue weighted by Gasteiger charge is -2.32. The Balaban J connectivity index is 0.00000271. The second-order valence-corrected chi connectivity index (χ2v) is 11.6. The van der Waals surface area contributed by atoms with Crippen LogP contribution in [0.2, 0.25) is 0 Å². The van der Waals surface area contributed by atoms with Crippen molar-refractivity contribution >= 4 is 36.3 Å². The lowest BCUT2D eigenvalue weighted by molar-refractivity contribution is -0.120. The fourth-order valence-electron chi connectivity index (χ4n) is 4.40. The third-order valence-corrected chi connectivity index (χ3v) is 6.86. The van der Waals surface area contributed by atoms with Crippen molar-refractivity contribution in [2.24, 2.45) is 5.41 Å². The van der Waals surface area contributed by atoms with Gasteiger partial charge in [0.2, 0.25) is 5.91 Å². The van der Waals surface area contributed by atoms with E-state index in [4.69, 9.17) is 25.6 Å². The van der Waals surface area contributed by atoms with Gasteiger partial charge in [0.1, 0.15) is 11.5 Å². The topological polar surface area (TPSA) is 111 Å². The van der Waals surface area contributed by atoms with Gasteiger partial charge < -0.3 is 30.0 Å². The van der Waals surface area contributed by atoms with Crippen molar-refractivity contribution < 1.29 is 36.8 Å². The molecule has 2 aliphatic carbocycles. The van der Waals surface area contributed by atoms with Crippen molar-refractivity contribution in [2.75, 3.05) is 20.3 Å². The summed E-state index contributed by atoms with van der Waals surface area (Å²) in [4.78, 5) is 29.2. The van der Waals surface area contributed by atoms with E-state index < -0.39 is 31.3 Å². The number of likely N-dealkylation sites (N-methyl/N-ethyl adjacent to an activating group) is 1. The molecule has 2 heterocycles. The van der Waals surface area contributed by atoms with Crippen LogP contribution < -0.4 is 26.3 Å². The van der Waals surface area contributed by atoms with Crippen molar-refractivity contribution in [2.45, 2.75) is 66.0 Å². The first kappa shape index (κ1) is 35.9. The maximum absolute atomic E-state index is 13.3. The molecule has 1 fully saturated rings. The van der Waals surface area contributed by atoms with Gasteiger partial charge in [0.25, 0.3) is 0 Å². The van der Waals surface area contributed by atoms with Gasteiger partial charge in [-0.15, -0.1) is 0 Å². The average molecular weight is 651 g/mol. The van der Waals surface area contributed by atoms with Crippen molar-refractivity contribution in [3.05, 3.63) is 76.0 Å². The monoisotopic (exact) mass is 650 g/mol. The number of allylic oxidation sites excluding steroid dienone is 9. The van der Waals surface area contributed by atoms with Gasteiger partial charge in [0.05, 0.1) is 17.7 Å². The predicted octanol–water partition coefficient (Wildman–Crippen LogP) is 5.69. The summed E-state index contributed by atoms with van der Waals surface area (Å²) in [5.74, 6) is 0.849.